The molecule has 1 aromatic rings. The molecule has 1 heterocycles. The van der Waals surface area contributed by atoms with Crippen LogP contribution in [0.5, 0.6) is 0 Å². The number of nitrogens with one attached hydrogen (secondary N) is 1. The van der Waals surface area contributed by atoms with Crippen molar-refractivity contribution in [3.05, 3.63) is 21.9 Å². The van der Waals surface area contributed by atoms with E-state index in [-0.39, 0.29) is 0 Å². The van der Waals surface area contributed by atoms with Crippen molar-refractivity contribution >= 4 is 11.3 Å². The van der Waals surface area contributed by atoms with Crippen LogP contribution in [-0.2, 0) is 6.42 Å². The van der Waals surface area contributed by atoms with Gasteiger partial charge in [0.25, 0.3) is 0 Å². The molecular weight excluding hydrogens is 190 g/mol. The van der Waals surface area contributed by atoms with Gasteiger partial charge in [0, 0.05) is 21.8 Å². The summed E-state index contributed by atoms with van der Waals surface area (Å²) < 4.78 is 0. The lowest BCUT2D eigenvalue weighted by molar-refractivity contribution is 0.457. The van der Waals surface area contributed by atoms with Crippen LogP contribution >= 0.6 is 11.3 Å². The second-order valence-electron chi connectivity index (χ2n) is 4.09. The first-order valence-corrected chi connectivity index (χ1v) is 6.24. The van der Waals surface area contributed by atoms with Crippen LogP contribution in [0.1, 0.15) is 36.9 Å². The van der Waals surface area contributed by atoms with E-state index >= 15 is 0 Å². The zero-order chi connectivity index (χ0) is 10.6. The number of rotatable bonds is 5. The van der Waals surface area contributed by atoms with E-state index in [0.29, 0.717) is 12.1 Å². The standard InChI is InChI=1S/C12H21NS/c1-5-9(2)13-10(3)8-12-7-6-11(4)14-12/h6-7,9-10,13H,5,8H2,1-4H3. The second kappa shape index (κ2) is 5.52. The van der Waals surface area contributed by atoms with Crippen LogP contribution in [0.25, 0.3) is 0 Å². The summed E-state index contributed by atoms with van der Waals surface area (Å²) in [6.45, 7) is 8.90. The number of hydrogen-bond acceptors (Lipinski definition) is 2. The lowest BCUT2D eigenvalue weighted by Crippen LogP contribution is -2.35. The van der Waals surface area contributed by atoms with E-state index in [2.05, 4.69) is 45.1 Å². The van der Waals surface area contributed by atoms with E-state index in [9.17, 15) is 0 Å². The average molecular weight is 211 g/mol. The third-order valence-electron chi connectivity index (χ3n) is 2.48. The first-order valence-electron chi connectivity index (χ1n) is 5.43. The van der Waals surface area contributed by atoms with Gasteiger partial charge in [0.1, 0.15) is 0 Å². The van der Waals surface area contributed by atoms with E-state index in [4.69, 9.17) is 0 Å². The van der Waals surface area contributed by atoms with Gasteiger partial charge in [0.15, 0.2) is 0 Å². The first-order chi connectivity index (χ1) is 6.61. The molecule has 0 aromatic carbocycles. The Kier molecular flexibility index (Phi) is 4.63. The summed E-state index contributed by atoms with van der Waals surface area (Å²) in [4.78, 5) is 2.90. The highest BCUT2D eigenvalue weighted by Gasteiger charge is 2.07. The fourth-order valence-electron chi connectivity index (χ4n) is 1.56. The van der Waals surface area contributed by atoms with Crippen molar-refractivity contribution in [2.45, 2.75) is 52.6 Å². The van der Waals surface area contributed by atoms with Crippen molar-refractivity contribution in [3.63, 3.8) is 0 Å². The Balaban J connectivity index is 2.37. The van der Waals surface area contributed by atoms with E-state index in [1.807, 2.05) is 11.3 Å². The fraction of sp³-hybridized carbons (Fsp3) is 0.667. The minimum Gasteiger partial charge on any atom is -0.311 e. The van der Waals surface area contributed by atoms with Crippen LogP contribution in [0.4, 0.5) is 0 Å². The normalized spacial score (nSPS) is 15.4. The second-order valence-corrected chi connectivity index (χ2v) is 5.47. The summed E-state index contributed by atoms with van der Waals surface area (Å²) in [6, 6.07) is 5.67. The van der Waals surface area contributed by atoms with Gasteiger partial charge in [-0.1, -0.05) is 6.92 Å². The van der Waals surface area contributed by atoms with Crippen molar-refractivity contribution in [2.75, 3.05) is 0 Å². The van der Waals surface area contributed by atoms with Crippen LogP contribution < -0.4 is 5.32 Å². The van der Waals surface area contributed by atoms with Crippen molar-refractivity contribution in [3.8, 4) is 0 Å². The van der Waals surface area contributed by atoms with Gasteiger partial charge in [-0.2, -0.15) is 0 Å². The van der Waals surface area contributed by atoms with Crippen LogP contribution in [0.15, 0.2) is 12.1 Å². The molecule has 2 heteroatoms. The molecule has 2 unspecified atom stereocenters. The summed E-state index contributed by atoms with van der Waals surface area (Å²) in [5.41, 5.74) is 0. The quantitative estimate of drug-likeness (QED) is 0.787. The third-order valence-corrected chi connectivity index (χ3v) is 3.51. The maximum Gasteiger partial charge on any atom is 0.00894 e. The Morgan fingerprint density at radius 2 is 2.00 bits per heavy atom. The maximum atomic E-state index is 3.59. The molecule has 0 radical (unpaired) electrons. The fourth-order valence-corrected chi connectivity index (χ4v) is 2.58. The molecule has 14 heavy (non-hydrogen) atoms. The van der Waals surface area contributed by atoms with Gasteiger partial charge < -0.3 is 5.32 Å². The molecule has 0 bridgehead atoms. The Morgan fingerprint density at radius 3 is 2.50 bits per heavy atom. The van der Waals surface area contributed by atoms with Gasteiger partial charge in [0.2, 0.25) is 0 Å². The van der Waals surface area contributed by atoms with Gasteiger partial charge in [-0.05, 0) is 45.7 Å². The molecule has 0 aliphatic rings. The molecule has 0 amide bonds. The highest BCUT2D eigenvalue weighted by Crippen LogP contribution is 2.16. The molecule has 0 aliphatic carbocycles. The molecule has 1 aromatic heterocycles. The predicted octanol–water partition coefficient (Wildman–Crippen LogP) is 3.38. The molecule has 0 aliphatic heterocycles. The van der Waals surface area contributed by atoms with E-state index < -0.39 is 0 Å². The Morgan fingerprint density at radius 1 is 1.29 bits per heavy atom. The molecule has 1 nitrogen and oxygen atoms in total. The van der Waals surface area contributed by atoms with E-state index in [1.165, 1.54) is 16.2 Å². The zero-order valence-electron chi connectivity index (χ0n) is 9.63. The molecule has 1 rings (SSSR count). The largest absolute Gasteiger partial charge is 0.311 e. The van der Waals surface area contributed by atoms with Gasteiger partial charge in [-0.15, -0.1) is 11.3 Å². The minimum atomic E-state index is 0.586. The Hall–Kier alpha value is -0.340. The Labute approximate surface area is 91.5 Å². The minimum absolute atomic E-state index is 0.586. The van der Waals surface area contributed by atoms with Crippen LogP contribution in [0, 0.1) is 6.92 Å². The molecule has 0 spiro atoms. The molecular formula is C12H21NS. The van der Waals surface area contributed by atoms with Crippen LogP contribution in [0.2, 0.25) is 0 Å². The van der Waals surface area contributed by atoms with Gasteiger partial charge >= 0.3 is 0 Å². The molecule has 80 valence electrons. The topological polar surface area (TPSA) is 12.0 Å². The lowest BCUT2D eigenvalue weighted by Gasteiger charge is -2.17. The number of aryl methyl sites for hydroxylation is 1. The van der Waals surface area contributed by atoms with Crippen molar-refractivity contribution in [1.82, 2.24) is 5.32 Å². The van der Waals surface area contributed by atoms with Crippen molar-refractivity contribution in [1.29, 1.82) is 0 Å². The molecule has 1 N–H and O–H groups in total. The lowest BCUT2D eigenvalue weighted by atomic mass is 10.1. The maximum absolute atomic E-state index is 3.59. The summed E-state index contributed by atoms with van der Waals surface area (Å²) in [7, 11) is 0. The highest BCUT2D eigenvalue weighted by molar-refractivity contribution is 7.11. The molecule has 0 fully saturated rings. The number of hydrogen-bond donors (Lipinski definition) is 1. The van der Waals surface area contributed by atoms with E-state index in [0.717, 1.165) is 6.42 Å². The monoisotopic (exact) mass is 211 g/mol. The number of thiophene rings is 1. The van der Waals surface area contributed by atoms with Crippen LogP contribution in [-0.4, -0.2) is 12.1 Å². The summed E-state index contributed by atoms with van der Waals surface area (Å²) >= 11 is 1.91. The van der Waals surface area contributed by atoms with Crippen molar-refractivity contribution < 1.29 is 0 Å². The van der Waals surface area contributed by atoms with Crippen LogP contribution in [0.3, 0.4) is 0 Å². The SMILES string of the molecule is CCC(C)NC(C)Cc1ccc(C)s1. The summed E-state index contributed by atoms with van der Waals surface area (Å²) in [6.07, 6.45) is 2.36. The molecule has 0 saturated carbocycles. The van der Waals surface area contributed by atoms with E-state index in [1.54, 1.807) is 0 Å². The predicted molar refractivity (Wildman–Crippen MR) is 65.1 cm³/mol. The highest BCUT2D eigenvalue weighted by atomic mass is 32.1. The molecule has 0 saturated heterocycles. The summed E-state index contributed by atoms with van der Waals surface area (Å²) in [5, 5.41) is 3.59. The van der Waals surface area contributed by atoms with Crippen molar-refractivity contribution in [2.24, 2.45) is 0 Å². The van der Waals surface area contributed by atoms with Gasteiger partial charge in [0.05, 0.1) is 0 Å². The van der Waals surface area contributed by atoms with Gasteiger partial charge in [-0.25, -0.2) is 0 Å². The average Bonchev–Trinajstić information content (AvgIpc) is 2.50. The smallest absolute Gasteiger partial charge is 0.00894 e. The summed E-state index contributed by atoms with van der Waals surface area (Å²) in [5.74, 6) is 0. The first kappa shape index (κ1) is 11.7. The molecule has 2 atom stereocenters. The van der Waals surface area contributed by atoms with Gasteiger partial charge in [-0.3, -0.25) is 0 Å². The zero-order valence-corrected chi connectivity index (χ0v) is 10.4. The third kappa shape index (κ3) is 3.81. The Bertz CT molecular complexity index is 267.